The fourth-order valence-electron chi connectivity index (χ4n) is 1.52. The second kappa shape index (κ2) is 52.3. The third-order valence-corrected chi connectivity index (χ3v) is 2.72. The summed E-state index contributed by atoms with van der Waals surface area (Å²) in [5, 5.41) is 2.56. The molecular formula is C24H55BrN2O6. The molecule has 0 saturated carbocycles. The summed E-state index contributed by atoms with van der Waals surface area (Å²) < 4.78 is 9.67. The molecule has 2 amide bonds. The quantitative estimate of drug-likeness (QED) is 0.299. The number of alkyl carbamates (subject to hydrolysis) is 1. The van der Waals surface area contributed by atoms with Gasteiger partial charge in [-0.15, -0.1) is 0 Å². The van der Waals surface area contributed by atoms with E-state index in [1.54, 1.807) is 11.9 Å². The molecule has 2 fully saturated rings. The number of nitrogens with one attached hydrogen (secondary N) is 1. The fraction of sp³-hybridized carbons (Fsp3) is 0.833. The first kappa shape index (κ1) is 48.7. The summed E-state index contributed by atoms with van der Waals surface area (Å²) in [5.74, 6) is 1.81. The Morgan fingerprint density at radius 2 is 1.18 bits per heavy atom. The lowest BCUT2D eigenvalue weighted by Gasteiger charge is -2.01. The van der Waals surface area contributed by atoms with E-state index in [9.17, 15) is 9.59 Å². The van der Waals surface area contributed by atoms with Crippen molar-refractivity contribution in [2.75, 3.05) is 26.0 Å². The molecule has 2 atom stereocenters. The molecule has 0 aromatic rings. The van der Waals surface area contributed by atoms with Crippen molar-refractivity contribution < 1.29 is 28.7 Å². The highest BCUT2D eigenvalue weighted by atomic mass is 79.9. The Kier molecular flexibility index (Phi) is 77.3. The maximum atomic E-state index is 10.6. The number of nitrogens with zero attached hydrogens (tertiary/aromatic N) is 1. The van der Waals surface area contributed by atoms with Crippen LogP contribution in [0.3, 0.4) is 0 Å². The minimum atomic E-state index is -0.281. The number of likely N-dealkylation sites (N-methyl/N-ethyl adjacent to an activating group) is 1. The number of alkyl halides is 1. The molecule has 0 aromatic carbocycles. The SMILES string of the molecule is CBr.CC.CC.CC.CC.CC=O.CC=O.CCC1CN(C)C(=O)O1.CCC1CNC(=O)O1. The van der Waals surface area contributed by atoms with Crippen molar-refractivity contribution in [3.05, 3.63) is 0 Å². The topological polar surface area (TPSA) is 102 Å². The minimum Gasteiger partial charge on any atom is -0.444 e. The van der Waals surface area contributed by atoms with Crippen LogP contribution >= 0.6 is 15.9 Å². The van der Waals surface area contributed by atoms with Crippen molar-refractivity contribution in [1.29, 1.82) is 0 Å². The van der Waals surface area contributed by atoms with Crippen LogP contribution < -0.4 is 5.32 Å². The smallest absolute Gasteiger partial charge is 0.409 e. The molecule has 204 valence electrons. The molecule has 2 rings (SSSR count). The first-order chi connectivity index (χ1) is 15.9. The van der Waals surface area contributed by atoms with Crippen molar-refractivity contribution in [2.45, 2.75) is 108 Å². The highest BCUT2D eigenvalue weighted by molar-refractivity contribution is 9.08. The van der Waals surface area contributed by atoms with Gasteiger partial charge in [0, 0.05) is 7.05 Å². The molecule has 8 nitrogen and oxygen atoms in total. The molecule has 2 unspecified atom stereocenters. The molecule has 2 heterocycles. The zero-order valence-electron chi connectivity index (χ0n) is 23.9. The summed E-state index contributed by atoms with van der Waals surface area (Å²) in [7, 11) is 1.75. The van der Waals surface area contributed by atoms with Gasteiger partial charge in [0.05, 0.1) is 13.1 Å². The Morgan fingerprint density at radius 3 is 1.30 bits per heavy atom. The minimum absolute atomic E-state index is 0.113. The van der Waals surface area contributed by atoms with E-state index < -0.39 is 0 Å². The number of halogens is 1. The average Bonchev–Trinajstić information content (AvgIpc) is 3.46. The summed E-state index contributed by atoms with van der Waals surface area (Å²) >= 11 is 2.94. The number of carbonyl (C=O) groups is 4. The number of amides is 2. The van der Waals surface area contributed by atoms with Gasteiger partial charge in [0.25, 0.3) is 0 Å². The Morgan fingerprint density at radius 1 is 0.848 bits per heavy atom. The molecule has 2 aliphatic heterocycles. The van der Waals surface area contributed by atoms with Gasteiger partial charge in [0.1, 0.15) is 24.8 Å². The van der Waals surface area contributed by atoms with E-state index in [-0.39, 0.29) is 24.4 Å². The Bertz CT molecular complexity index is 367. The van der Waals surface area contributed by atoms with E-state index in [2.05, 4.69) is 21.2 Å². The average molecular weight is 548 g/mol. The Hall–Kier alpha value is -1.64. The first-order valence-electron chi connectivity index (χ1n) is 11.9. The number of cyclic esters (lactones) is 2. The summed E-state index contributed by atoms with van der Waals surface area (Å²) in [6.07, 6.45) is 3.08. The summed E-state index contributed by atoms with van der Waals surface area (Å²) in [5.41, 5.74) is 0. The van der Waals surface area contributed by atoms with Gasteiger partial charge in [-0.3, -0.25) is 0 Å². The van der Waals surface area contributed by atoms with Crippen LogP contribution in [0.4, 0.5) is 9.59 Å². The highest BCUT2D eigenvalue weighted by Gasteiger charge is 2.26. The maximum absolute atomic E-state index is 10.6. The number of hydrogen-bond donors (Lipinski definition) is 1. The van der Waals surface area contributed by atoms with Gasteiger partial charge in [0.15, 0.2) is 0 Å². The summed E-state index contributed by atoms with van der Waals surface area (Å²) in [4.78, 5) is 40.1. The number of carbonyl (C=O) groups excluding carboxylic acids is 4. The first-order valence-corrected chi connectivity index (χ1v) is 13.5. The molecule has 33 heavy (non-hydrogen) atoms. The molecule has 9 heteroatoms. The van der Waals surface area contributed by atoms with Crippen molar-refractivity contribution in [3.63, 3.8) is 0 Å². The standard InChI is InChI=1S/C6H11NO2.C5H9NO2.2C2H4O.4C2H6.CH3Br/c1-3-5-4-7(2)6(8)9-5;1-2-4-3-6-5(7)8-4;2*1-2-3;5*1-2/h5H,3-4H2,1-2H3;4H,2-3H2,1H3,(H,6,7);2*2H,1H3;4*1-2H3;1H3. The third kappa shape index (κ3) is 44.7. The monoisotopic (exact) mass is 546 g/mol. The zero-order valence-corrected chi connectivity index (χ0v) is 25.5. The lowest BCUT2D eigenvalue weighted by atomic mass is 10.3. The predicted molar refractivity (Wildman–Crippen MR) is 145 cm³/mol. The van der Waals surface area contributed by atoms with Crippen LogP contribution in [0.15, 0.2) is 0 Å². The maximum Gasteiger partial charge on any atom is 0.409 e. The van der Waals surface area contributed by atoms with Gasteiger partial charge in [-0.2, -0.15) is 0 Å². The fourth-order valence-corrected chi connectivity index (χ4v) is 1.52. The lowest BCUT2D eigenvalue weighted by Crippen LogP contribution is -2.18. The van der Waals surface area contributed by atoms with Crippen molar-refractivity contribution in [3.8, 4) is 0 Å². The zero-order chi connectivity index (χ0) is 28.3. The molecule has 1 N–H and O–H groups in total. The van der Waals surface area contributed by atoms with E-state index in [4.69, 9.17) is 19.1 Å². The lowest BCUT2D eigenvalue weighted by molar-refractivity contribution is -0.106. The van der Waals surface area contributed by atoms with Crippen LogP contribution in [0.2, 0.25) is 0 Å². The van der Waals surface area contributed by atoms with Crippen LogP contribution in [0.5, 0.6) is 0 Å². The molecule has 0 bridgehead atoms. The molecule has 2 aliphatic rings. The van der Waals surface area contributed by atoms with Gasteiger partial charge in [-0.1, -0.05) is 85.2 Å². The number of aldehydes is 2. The van der Waals surface area contributed by atoms with Crippen LogP contribution in [0.1, 0.15) is 95.9 Å². The van der Waals surface area contributed by atoms with Gasteiger partial charge < -0.3 is 29.3 Å². The second-order valence-corrected chi connectivity index (χ2v) is 4.58. The van der Waals surface area contributed by atoms with Crippen molar-refractivity contribution in [1.82, 2.24) is 10.2 Å². The van der Waals surface area contributed by atoms with E-state index in [1.165, 1.54) is 13.8 Å². The normalized spacial score (nSPS) is 15.5. The molecule has 2 saturated heterocycles. The van der Waals surface area contributed by atoms with Gasteiger partial charge >= 0.3 is 12.2 Å². The molecule has 0 spiro atoms. The van der Waals surface area contributed by atoms with E-state index in [1.807, 2.05) is 75.1 Å². The summed E-state index contributed by atoms with van der Waals surface area (Å²) in [6, 6.07) is 0. The van der Waals surface area contributed by atoms with Crippen LogP contribution in [-0.4, -0.2) is 67.8 Å². The van der Waals surface area contributed by atoms with Crippen molar-refractivity contribution >= 4 is 40.7 Å². The van der Waals surface area contributed by atoms with Crippen LogP contribution in [0, 0.1) is 0 Å². The molecular weight excluding hydrogens is 492 g/mol. The second-order valence-electron chi connectivity index (χ2n) is 4.58. The van der Waals surface area contributed by atoms with Crippen LogP contribution in [-0.2, 0) is 19.1 Å². The van der Waals surface area contributed by atoms with E-state index in [0.717, 1.165) is 32.0 Å². The summed E-state index contributed by atoms with van der Waals surface area (Å²) in [6.45, 7) is 24.3. The van der Waals surface area contributed by atoms with Gasteiger partial charge in [0.2, 0.25) is 0 Å². The Labute approximate surface area is 213 Å². The predicted octanol–water partition coefficient (Wildman–Crippen LogP) is 6.88. The number of hydrogen-bond acceptors (Lipinski definition) is 6. The highest BCUT2D eigenvalue weighted by Crippen LogP contribution is 2.10. The molecule has 0 radical (unpaired) electrons. The third-order valence-electron chi connectivity index (χ3n) is 2.72. The van der Waals surface area contributed by atoms with E-state index >= 15 is 0 Å². The number of ether oxygens (including phenoxy) is 2. The van der Waals surface area contributed by atoms with E-state index in [0.29, 0.717) is 6.54 Å². The Balaban J connectivity index is -0.0000000515. The van der Waals surface area contributed by atoms with Crippen LogP contribution in [0.25, 0.3) is 0 Å². The molecule has 0 aliphatic carbocycles. The molecule has 0 aromatic heterocycles. The van der Waals surface area contributed by atoms with Gasteiger partial charge in [-0.25, -0.2) is 9.59 Å². The number of rotatable bonds is 2. The van der Waals surface area contributed by atoms with Gasteiger partial charge in [-0.05, 0) is 32.5 Å². The largest absolute Gasteiger partial charge is 0.444 e. The van der Waals surface area contributed by atoms with Crippen molar-refractivity contribution in [2.24, 2.45) is 0 Å².